The summed E-state index contributed by atoms with van der Waals surface area (Å²) < 4.78 is 10.7. The summed E-state index contributed by atoms with van der Waals surface area (Å²) in [6.07, 6.45) is -0.556. The summed E-state index contributed by atoms with van der Waals surface area (Å²) in [6.45, 7) is 4.95. The highest BCUT2D eigenvalue weighted by Gasteiger charge is 2.17. The fourth-order valence-corrected chi connectivity index (χ4v) is 2.73. The Bertz CT molecular complexity index is 875. The van der Waals surface area contributed by atoms with E-state index in [4.69, 9.17) is 14.3 Å². The van der Waals surface area contributed by atoms with Gasteiger partial charge >= 0.3 is 12.1 Å². The van der Waals surface area contributed by atoms with Gasteiger partial charge in [0.1, 0.15) is 12.1 Å². The molecular formula is C18H22N4O6S. The maximum absolute atomic E-state index is 11.8. The van der Waals surface area contributed by atoms with Gasteiger partial charge in [0.2, 0.25) is 11.8 Å². The number of rotatable bonds is 7. The second-order valence-corrected chi connectivity index (χ2v) is 7.94. The third kappa shape index (κ3) is 7.45. The highest BCUT2D eigenvalue weighted by molar-refractivity contribution is 7.99. The minimum Gasteiger partial charge on any atom is -0.480 e. The second kappa shape index (κ2) is 9.41. The van der Waals surface area contributed by atoms with E-state index < -0.39 is 17.7 Å². The molecule has 0 spiro atoms. The van der Waals surface area contributed by atoms with Crippen molar-refractivity contribution in [2.75, 3.05) is 24.7 Å². The van der Waals surface area contributed by atoms with Gasteiger partial charge in [0.25, 0.3) is 5.22 Å². The quantitative estimate of drug-likeness (QED) is 0.646. The average molecular weight is 422 g/mol. The lowest BCUT2D eigenvalue weighted by Gasteiger charge is -2.19. The van der Waals surface area contributed by atoms with E-state index in [-0.39, 0.29) is 29.3 Å². The van der Waals surface area contributed by atoms with Crippen LogP contribution in [0.3, 0.4) is 0 Å². The number of anilines is 1. The van der Waals surface area contributed by atoms with Crippen LogP contribution in [-0.2, 0) is 14.3 Å². The minimum atomic E-state index is -1.09. The Morgan fingerprint density at radius 1 is 1.21 bits per heavy atom. The molecule has 0 unspecified atom stereocenters. The van der Waals surface area contributed by atoms with Crippen molar-refractivity contribution in [3.8, 4) is 11.5 Å². The zero-order valence-corrected chi connectivity index (χ0v) is 17.3. The number of aliphatic carboxylic acids is 1. The second-order valence-electron chi connectivity index (χ2n) is 7.01. The molecule has 10 nitrogen and oxygen atoms in total. The van der Waals surface area contributed by atoms with Gasteiger partial charge in [0.05, 0.1) is 5.75 Å². The number of amides is 2. The van der Waals surface area contributed by atoms with Gasteiger partial charge in [-0.25, -0.2) is 4.79 Å². The lowest BCUT2D eigenvalue weighted by Crippen LogP contribution is -2.33. The highest BCUT2D eigenvalue weighted by atomic mass is 32.2. The summed E-state index contributed by atoms with van der Waals surface area (Å²) in [5.74, 6) is -1.22. The number of aromatic nitrogens is 2. The summed E-state index contributed by atoms with van der Waals surface area (Å²) in [7, 11) is 1.41. The van der Waals surface area contributed by atoms with Crippen molar-refractivity contribution < 1.29 is 28.6 Å². The Morgan fingerprint density at radius 3 is 2.45 bits per heavy atom. The van der Waals surface area contributed by atoms with Gasteiger partial charge in [-0.15, -0.1) is 10.2 Å². The molecule has 2 aromatic rings. The molecule has 1 aromatic heterocycles. The van der Waals surface area contributed by atoms with Crippen LogP contribution in [0.1, 0.15) is 20.8 Å². The van der Waals surface area contributed by atoms with Gasteiger partial charge in [-0.3, -0.25) is 14.9 Å². The Labute approximate surface area is 171 Å². The van der Waals surface area contributed by atoms with Crippen LogP contribution >= 0.6 is 11.8 Å². The molecule has 29 heavy (non-hydrogen) atoms. The van der Waals surface area contributed by atoms with Crippen molar-refractivity contribution in [2.24, 2.45) is 0 Å². The Hall–Kier alpha value is -3.08. The Balaban J connectivity index is 1.92. The van der Waals surface area contributed by atoms with Gasteiger partial charge < -0.3 is 19.2 Å². The zero-order valence-electron chi connectivity index (χ0n) is 16.5. The largest absolute Gasteiger partial charge is 0.480 e. The first-order valence-electron chi connectivity index (χ1n) is 8.56. The number of thioether (sulfide) groups is 1. The van der Waals surface area contributed by atoms with Crippen LogP contribution in [0.4, 0.5) is 10.5 Å². The van der Waals surface area contributed by atoms with Crippen LogP contribution in [0.2, 0.25) is 0 Å². The lowest BCUT2D eigenvalue weighted by atomic mass is 10.2. The van der Waals surface area contributed by atoms with Gasteiger partial charge in [0.15, 0.2) is 0 Å². The molecule has 0 saturated heterocycles. The van der Waals surface area contributed by atoms with Gasteiger partial charge in [-0.1, -0.05) is 11.8 Å². The molecule has 0 saturated carbocycles. The van der Waals surface area contributed by atoms with Crippen LogP contribution in [0, 0.1) is 0 Å². The van der Waals surface area contributed by atoms with Crippen molar-refractivity contribution >= 4 is 35.4 Å². The third-order valence-corrected chi connectivity index (χ3v) is 4.10. The first kappa shape index (κ1) is 22.2. The molecule has 11 heteroatoms. The fourth-order valence-electron chi connectivity index (χ4n) is 2.03. The van der Waals surface area contributed by atoms with E-state index >= 15 is 0 Å². The molecule has 0 aliphatic rings. The molecule has 0 radical (unpaired) electrons. The van der Waals surface area contributed by atoms with Gasteiger partial charge in [0, 0.05) is 18.3 Å². The number of carboxylic acids is 1. The van der Waals surface area contributed by atoms with Crippen molar-refractivity contribution in [1.82, 2.24) is 15.1 Å². The van der Waals surface area contributed by atoms with Crippen molar-refractivity contribution in [1.29, 1.82) is 0 Å². The fraction of sp³-hybridized carbons (Fsp3) is 0.389. The van der Waals surface area contributed by atoms with E-state index in [9.17, 15) is 14.4 Å². The molecule has 0 aliphatic carbocycles. The number of hydrogen-bond donors (Lipinski definition) is 2. The highest BCUT2D eigenvalue weighted by Crippen LogP contribution is 2.24. The van der Waals surface area contributed by atoms with Crippen LogP contribution in [0.5, 0.6) is 0 Å². The topological polar surface area (TPSA) is 135 Å². The molecule has 0 aliphatic heterocycles. The average Bonchev–Trinajstić information content (AvgIpc) is 3.07. The molecule has 2 amide bonds. The number of carbonyl (C=O) groups is 3. The first-order chi connectivity index (χ1) is 13.5. The summed E-state index contributed by atoms with van der Waals surface area (Å²) in [6, 6.07) is 6.72. The number of benzene rings is 1. The molecule has 0 fully saturated rings. The molecule has 0 atom stereocenters. The molecular weight excluding hydrogens is 400 g/mol. The Kier molecular flexibility index (Phi) is 7.21. The predicted octanol–water partition coefficient (Wildman–Crippen LogP) is 2.72. The van der Waals surface area contributed by atoms with Crippen LogP contribution in [0.15, 0.2) is 33.9 Å². The van der Waals surface area contributed by atoms with Crippen molar-refractivity contribution in [3.63, 3.8) is 0 Å². The number of carboxylic acid groups (broad SMARTS) is 1. The normalized spacial score (nSPS) is 11.0. The molecule has 156 valence electrons. The smallest absolute Gasteiger partial charge is 0.412 e. The molecule has 2 N–H and O–H groups in total. The number of hydrogen-bond acceptors (Lipinski definition) is 8. The molecule has 0 bridgehead atoms. The third-order valence-electron chi connectivity index (χ3n) is 3.30. The van der Waals surface area contributed by atoms with E-state index in [1.807, 2.05) is 0 Å². The van der Waals surface area contributed by atoms with Gasteiger partial charge in [-0.05, 0) is 45.0 Å². The van der Waals surface area contributed by atoms with Crippen LogP contribution < -0.4 is 5.32 Å². The van der Waals surface area contributed by atoms with Crippen LogP contribution in [-0.4, -0.2) is 63.1 Å². The van der Waals surface area contributed by atoms with E-state index in [1.165, 1.54) is 7.05 Å². The number of nitrogens with one attached hydrogen (secondary N) is 1. The molecule has 2 rings (SSSR count). The van der Waals surface area contributed by atoms with E-state index in [0.717, 1.165) is 16.7 Å². The monoisotopic (exact) mass is 422 g/mol. The molecule has 1 aromatic carbocycles. The maximum Gasteiger partial charge on any atom is 0.412 e. The van der Waals surface area contributed by atoms with Crippen molar-refractivity contribution in [2.45, 2.75) is 31.6 Å². The SMILES string of the molecule is CN(CC(=O)O)C(=O)CSc1nnc(-c2ccc(NC(=O)OC(C)(C)C)cc2)o1. The minimum absolute atomic E-state index is 0.0237. The summed E-state index contributed by atoms with van der Waals surface area (Å²) >= 11 is 1.02. The number of carbonyl (C=O) groups excluding carboxylic acids is 2. The number of nitrogens with zero attached hydrogens (tertiary/aromatic N) is 3. The van der Waals surface area contributed by atoms with Crippen molar-refractivity contribution in [3.05, 3.63) is 24.3 Å². The summed E-state index contributed by atoms with van der Waals surface area (Å²) in [5, 5.41) is 19.3. The first-order valence-corrected chi connectivity index (χ1v) is 9.54. The zero-order chi connectivity index (χ0) is 21.6. The number of likely N-dealkylation sites (N-methyl/N-ethyl adjacent to an activating group) is 1. The standard InChI is InChI=1S/C18H22N4O6S/c1-18(2,3)28-16(26)19-12-7-5-11(6-8-12)15-20-21-17(27-15)29-10-13(23)22(4)9-14(24)25/h5-8H,9-10H2,1-4H3,(H,19,26)(H,24,25). The van der Waals surface area contributed by atoms with E-state index in [1.54, 1.807) is 45.0 Å². The van der Waals surface area contributed by atoms with Crippen LogP contribution in [0.25, 0.3) is 11.5 Å². The predicted molar refractivity (Wildman–Crippen MR) is 106 cm³/mol. The van der Waals surface area contributed by atoms with E-state index in [2.05, 4.69) is 15.5 Å². The van der Waals surface area contributed by atoms with Gasteiger partial charge in [-0.2, -0.15) is 0 Å². The Morgan fingerprint density at radius 2 is 1.86 bits per heavy atom. The van der Waals surface area contributed by atoms with E-state index in [0.29, 0.717) is 11.3 Å². The molecule has 1 heterocycles. The lowest BCUT2D eigenvalue weighted by molar-refractivity contribution is -0.142. The maximum atomic E-state index is 11.8. The number of ether oxygens (including phenoxy) is 1. The summed E-state index contributed by atoms with van der Waals surface area (Å²) in [4.78, 5) is 35.3. The summed E-state index contributed by atoms with van der Waals surface area (Å²) in [5.41, 5.74) is 0.587.